The third kappa shape index (κ3) is 5.20. The van der Waals surface area contributed by atoms with Crippen molar-refractivity contribution in [2.45, 2.75) is 64.5 Å². The van der Waals surface area contributed by atoms with Crippen LogP contribution in [0.2, 0.25) is 0 Å². The Morgan fingerprint density at radius 1 is 0.667 bits per heavy atom. The molecule has 1 aliphatic rings. The lowest BCUT2D eigenvalue weighted by atomic mass is 9.84. The largest absolute Gasteiger partial charge is 0.377 e. The van der Waals surface area contributed by atoms with Gasteiger partial charge in [-0.1, -0.05) is 27.7 Å². The van der Waals surface area contributed by atoms with Gasteiger partial charge in [-0.3, -0.25) is 0 Å². The molecule has 0 aliphatic heterocycles. The van der Waals surface area contributed by atoms with Crippen LogP contribution in [-0.4, -0.2) is 51.7 Å². The van der Waals surface area contributed by atoms with Crippen molar-refractivity contribution in [2.75, 3.05) is 21.3 Å². The molecule has 0 saturated heterocycles. The van der Waals surface area contributed by atoms with E-state index in [4.69, 9.17) is 25.7 Å². The predicted octanol–water partition coefficient (Wildman–Crippen LogP) is 1.14. The topological polar surface area (TPSA) is 79.7 Å². The molecule has 1 aliphatic carbocycles. The van der Waals surface area contributed by atoms with Gasteiger partial charge in [0, 0.05) is 33.4 Å². The van der Waals surface area contributed by atoms with Crippen molar-refractivity contribution in [1.29, 1.82) is 0 Å². The fourth-order valence-electron chi connectivity index (χ4n) is 2.14. The Bertz CT molecular complexity index is 166. The summed E-state index contributed by atoms with van der Waals surface area (Å²) >= 11 is 0. The van der Waals surface area contributed by atoms with Crippen molar-refractivity contribution >= 4 is 0 Å². The van der Waals surface area contributed by atoms with Crippen LogP contribution in [0.15, 0.2) is 0 Å². The molecule has 5 heteroatoms. The van der Waals surface area contributed by atoms with E-state index in [2.05, 4.69) is 0 Å². The Balaban J connectivity index is 0. The van der Waals surface area contributed by atoms with Crippen molar-refractivity contribution in [3.05, 3.63) is 0 Å². The second-order valence-electron chi connectivity index (χ2n) is 3.66. The first-order valence-corrected chi connectivity index (χ1v) is 6.75. The molecule has 0 aromatic heterocycles. The molecule has 0 amide bonds. The van der Waals surface area contributed by atoms with Crippen LogP contribution in [0.3, 0.4) is 0 Å². The summed E-state index contributed by atoms with van der Waals surface area (Å²) in [6.07, 6.45) is 0.204. The van der Waals surface area contributed by atoms with E-state index >= 15 is 0 Å². The predicted molar refractivity (Wildman–Crippen MR) is 75.7 cm³/mol. The summed E-state index contributed by atoms with van der Waals surface area (Å²) in [5.41, 5.74) is 11.8. The number of nitrogens with two attached hydrogens (primary N) is 2. The highest BCUT2D eigenvalue weighted by Gasteiger charge is 2.43. The summed E-state index contributed by atoms with van der Waals surface area (Å²) in [6, 6.07) is -0.183. The standard InChI is InChI=1S/C9H20N2O3.2C2H6/c1-12-7-5(10)4-6(11)8(13-2)9(7)14-3;2*1-2/h5-9H,4,10-11H2,1-3H3;2*1-2H3/t5-,6+,7+,8?,9?;;/m0../s1. The fourth-order valence-corrected chi connectivity index (χ4v) is 2.14. The van der Waals surface area contributed by atoms with Gasteiger partial charge in [0.15, 0.2) is 0 Å². The molecule has 5 atom stereocenters. The van der Waals surface area contributed by atoms with Gasteiger partial charge in [0.1, 0.15) is 18.3 Å². The molecule has 112 valence electrons. The zero-order valence-electron chi connectivity index (χ0n) is 13.0. The van der Waals surface area contributed by atoms with E-state index in [9.17, 15) is 0 Å². The minimum absolute atomic E-state index is 0.0913. The van der Waals surface area contributed by atoms with E-state index in [-0.39, 0.29) is 30.4 Å². The monoisotopic (exact) mass is 264 g/mol. The summed E-state index contributed by atoms with van der Waals surface area (Å²) in [6.45, 7) is 8.00. The Morgan fingerprint density at radius 3 is 1.17 bits per heavy atom. The Hall–Kier alpha value is -0.200. The molecule has 1 saturated carbocycles. The van der Waals surface area contributed by atoms with Crippen LogP contribution in [0, 0.1) is 0 Å². The Labute approximate surface area is 112 Å². The number of hydrogen-bond donors (Lipinski definition) is 2. The Kier molecular flexibility index (Phi) is 13.3. The summed E-state index contributed by atoms with van der Waals surface area (Å²) in [5.74, 6) is 0. The maximum Gasteiger partial charge on any atom is 0.112 e. The highest BCUT2D eigenvalue weighted by molar-refractivity contribution is 4.98. The third-order valence-corrected chi connectivity index (χ3v) is 2.85. The fraction of sp³-hybridized carbons (Fsp3) is 1.00. The van der Waals surface area contributed by atoms with Crippen LogP contribution in [0.25, 0.3) is 0 Å². The van der Waals surface area contributed by atoms with Gasteiger partial charge < -0.3 is 25.7 Å². The molecule has 0 bridgehead atoms. The van der Waals surface area contributed by atoms with E-state index in [1.165, 1.54) is 0 Å². The van der Waals surface area contributed by atoms with Crippen molar-refractivity contribution in [3.63, 3.8) is 0 Å². The minimum Gasteiger partial charge on any atom is -0.377 e. The smallest absolute Gasteiger partial charge is 0.112 e. The van der Waals surface area contributed by atoms with E-state index in [1.54, 1.807) is 21.3 Å². The zero-order valence-corrected chi connectivity index (χ0v) is 13.0. The molecule has 1 rings (SSSR count). The van der Waals surface area contributed by atoms with E-state index in [0.717, 1.165) is 0 Å². The SMILES string of the molecule is CC.CC.COC1C(OC)[C@H](OC)[C@@H](N)C[C@H]1N. The van der Waals surface area contributed by atoms with Crippen molar-refractivity contribution in [3.8, 4) is 0 Å². The van der Waals surface area contributed by atoms with Crippen LogP contribution >= 0.6 is 0 Å². The number of rotatable bonds is 3. The second kappa shape index (κ2) is 11.9. The third-order valence-electron chi connectivity index (χ3n) is 2.85. The molecular formula is C13H32N2O3. The first kappa shape index (κ1) is 20.1. The van der Waals surface area contributed by atoms with Crippen LogP contribution in [0.5, 0.6) is 0 Å². The first-order valence-electron chi connectivity index (χ1n) is 6.75. The number of hydrogen-bond acceptors (Lipinski definition) is 5. The highest BCUT2D eigenvalue weighted by Crippen LogP contribution is 2.24. The van der Waals surface area contributed by atoms with Gasteiger partial charge in [-0.25, -0.2) is 0 Å². The quantitative estimate of drug-likeness (QED) is 0.799. The summed E-state index contributed by atoms with van der Waals surface area (Å²) < 4.78 is 15.9. The maximum atomic E-state index is 5.92. The molecule has 0 aromatic rings. The minimum atomic E-state index is -0.191. The number of ether oxygens (including phenoxy) is 3. The molecule has 0 aromatic carbocycles. The average Bonchev–Trinajstić information content (AvgIpc) is 2.42. The van der Waals surface area contributed by atoms with Crippen LogP contribution in [0.1, 0.15) is 34.1 Å². The van der Waals surface area contributed by atoms with E-state index in [1.807, 2.05) is 27.7 Å². The maximum absolute atomic E-state index is 5.92. The number of methoxy groups -OCH3 is 3. The first-order chi connectivity index (χ1) is 8.65. The summed E-state index contributed by atoms with van der Waals surface area (Å²) in [7, 11) is 4.87. The zero-order chi connectivity index (χ0) is 14.7. The summed E-state index contributed by atoms with van der Waals surface area (Å²) in [4.78, 5) is 0. The normalized spacial score (nSPS) is 34.8. The molecule has 0 radical (unpaired) electrons. The van der Waals surface area contributed by atoms with Crippen LogP contribution in [0.4, 0.5) is 0 Å². The van der Waals surface area contributed by atoms with Gasteiger partial charge in [0.05, 0.1) is 0 Å². The van der Waals surface area contributed by atoms with Gasteiger partial charge in [0.25, 0.3) is 0 Å². The molecule has 0 heterocycles. The summed E-state index contributed by atoms with van der Waals surface area (Å²) in [5, 5.41) is 0. The van der Waals surface area contributed by atoms with Gasteiger partial charge in [-0.15, -0.1) is 0 Å². The molecule has 4 N–H and O–H groups in total. The molecule has 18 heavy (non-hydrogen) atoms. The van der Waals surface area contributed by atoms with Crippen molar-refractivity contribution in [2.24, 2.45) is 11.5 Å². The van der Waals surface area contributed by atoms with E-state index < -0.39 is 0 Å². The van der Waals surface area contributed by atoms with E-state index in [0.29, 0.717) is 6.42 Å². The lowest BCUT2D eigenvalue weighted by Crippen LogP contribution is -2.62. The van der Waals surface area contributed by atoms with Crippen molar-refractivity contribution in [1.82, 2.24) is 0 Å². The lowest BCUT2D eigenvalue weighted by Gasteiger charge is -2.42. The molecule has 1 fully saturated rings. The van der Waals surface area contributed by atoms with Crippen molar-refractivity contribution < 1.29 is 14.2 Å². The van der Waals surface area contributed by atoms with Gasteiger partial charge in [-0.2, -0.15) is 0 Å². The van der Waals surface area contributed by atoms with Gasteiger partial charge in [-0.05, 0) is 6.42 Å². The van der Waals surface area contributed by atoms with Crippen LogP contribution < -0.4 is 11.5 Å². The Morgan fingerprint density at radius 2 is 0.944 bits per heavy atom. The second-order valence-corrected chi connectivity index (χ2v) is 3.66. The lowest BCUT2D eigenvalue weighted by molar-refractivity contribution is -0.141. The van der Waals surface area contributed by atoms with Gasteiger partial charge in [0.2, 0.25) is 0 Å². The average molecular weight is 264 g/mol. The molecule has 5 nitrogen and oxygen atoms in total. The molecule has 0 spiro atoms. The molecule has 2 unspecified atom stereocenters. The highest BCUT2D eigenvalue weighted by atomic mass is 16.6. The van der Waals surface area contributed by atoms with Crippen LogP contribution in [-0.2, 0) is 14.2 Å². The molecular weight excluding hydrogens is 232 g/mol. The van der Waals surface area contributed by atoms with Gasteiger partial charge >= 0.3 is 0 Å².